The van der Waals surface area contributed by atoms with Crippen LogP contribution in [-0.4, -0.2) is 24.8 Å². The van der Waals surface area contributed by atoms with Gasteiger partial charge in [0.2, 0.25) is 5.62 Å². The third kappa shape index (κ3) is 6.09. The fourth-order valence-corrected chi connectivity index (χ4v) is 6.64. The Morgan fingerprint density at radius 2 is 1.78 bits per heavy atom. The van der Waals surface area contributed by atoms with Crippen LogP contribution in [0.4, 0.5) is 17.6 Å². The fraction of sp³-hybridized carbons (Fsp3) is 0.441. The van der Waals surface area contributed by atoms with Gasteiger partial charge in [0.25, 0.3) is 5.91 Å². The largest absolute Gasteiger partial charge is 0.435 e. The van der Waals surface area contributed by atoms with Gasteiger partial charge in [0, 0.05) is 35.8 Å². The van der Waals surface area contributed by atoms with Crippen molar-refractivity contribution in [1.82, 2.24) is 24.2 Å². The lowest BCUT2D eigenvalue weighted by atomic mass is 9.97. The van der Waals surface area contributed by atoms with Gasteiger partial charge in [-0.05, 0) is 97.9 Å². The second kappa shape index (κ2) is 11.3. The number of nitrogens with one attached hydrogen (secondary N) is 2. The summed E-state index contributed by atoms with van der Waals surface area (Å²) in [5, 5.41) is 15.8. The summed E-state index contributed by atoms with van der Waals surface area (Å²) in [4.78, 5) is 13.9. The summed E-state index contributed by atoms with van der Waals surface area (Å²) in [6.07, 6.45) is 7.77. The highest BCUT2D eigenvalue weighted by molar-refractivity contribution is 5.96. The molecule has 0 spiro atoms. The molecule has 2 heterocycles. The molecular formula is C34H36F4N6O. The summed E-state index contributed by atoms with van der Waals surface area (Å²) in [6.45, 7) is 1.90. The van der Waals surface area contributed by atoms with Gasteiger partial charge >= 0.3 is 6.18 Å². The molecule has 2 aromatic carbocycles. The Balaban J connectivity index is 1.28. The van der Waals surface area contributed by atoms with E-state index < -0.39 is 17.8 Å². The molecule has 0 saturated heterocycles. The molecule has 236 valence electrons. The van der Waals surface area contributed by atoms with Crippen molar-refractivity contribution in [3.05, 3.63) is 94.4 Å². The van der Waals surface area contributed by atoms with E-state index in [1.54, 1.807) is 42.0 Å². The van der Waals surface area contributed by atoms with Crippen molar-refractivity contribution in [2.75, 3.05) is 0 Å². The predicted octanol–water partition coefficient (Wildman–Crippen LogP) is 7.48. The first kappa shape index (κ1) is 29.6. The summed E-state index contributed by atoms with van der Waals surface area (Å²) in [6, 6.07) is 9.55. The zero-order chi connectivity index (χ0) is 31.5. The van der Waals surface area contributed by atoms with E-state index in [-0.39, 0.29) is 47.1 Å². The molecule has 11 heteroatoms. The monoisotopic (exact) mass is 620 g/mol. The summed E-state index contributed by atoms with van der Waals surface area (Å²) in [7, 11) is 0. The fourth-order valence-electron chi connectivity index (χ4n) is 6.64. The molecule has 2 N–H and O–H groups in total. The number of nitrogens with zero attached hydrogens (tertiary/aromatic N) is 4. The highest BCUT2D eigenvalue weighted by Gasteiger charge is 2.39. The quantitative estimate of drug-likeness (QED) is 0.190. The lowest BCUT2D eigenvalue weighted by molar-refractivity contribution is -0.141. The second-order valence-corrected chi connectivity index (χ2v) is 12.9. The van der Waals surface area contributed by atoms with Crippen LogP contribution in [0.15, 0.2) is 55.0 Å². The van der Waals surface area contributed by atoms with E-state index in [0.717, 1.165) is 56.9 Å². The third-order valence-corrected chi connectivity index (χ3v) is 9.40. The van der Waals surface area contributed by atoms with Gasteiger partial charge in [-0.3, -0.25) is 14.9 Å². The van der Waals surface area contributed by atoms with Crippen molar-refractivity contribution < 1.29 is 22.4 Å². The maximum atomic E-state index is 14.4. The Hall–Kier alpha value is -4.15. The van der Waals surface area contributed by atoms with E-state index in [1.165, 1.54) is 23.0 Å². The van der Waals surface area contributed by atoms with Crippen molar-refractivity contribution >= 4 is 5.91 Å². The smallest absolute Gasteiger partial charge is 0.345 e. The van der Waals surface area contributed by atoms with Crippen LogP contribution in [0.5, 0.6) is 0 Å². The van der Waals surface area contributed by atoms with Crippen LogP contribution in [0, 0.1) is 24.1 Å². The number of rotatable bonds is 9. The highest BCUT2D eigenvalue weighted by atomic mass is 19.4. The van der Waals surface area contributed by atoms with Crippen LogP contribution in [0.2, 0.25) is 0 Å². The molecule has 0 aliphatic heterocycles. The summed E-state index contributed by atoms with van der Waals surface area (Å²) in [5.74, 6) is -0.538. The Bertz CT molecular complexity index is 1800. The number of aromatic nitrogens is 4. The van der Waals surface area contributed by atoms with Crippen molar-refractivity contribution in [2.45, 2.75) is 89.1 Å². The predicted molar refractivity (Wildman–Crippen MR) is 160 cm³/mol. The standard InChI is InChI=1S/C34H36F4N6O/c1-20-14-23(8-11-29(20)35)30(22-6-7-22)40-32(45)25-16-21(18-42-12-13-43(33(42)39)26-9-10-26)15-24(17-25)28-19-44(27-4-2-3-5-27)41-31(28)34(36,37)38/h8,11-17,19,22,26-27,30,39H,2-7,9-10,18H2,1H3,(H,40,45). The highest BCUT2D eigenvalue weighted by Crippen LogP contribution is 2.42. The second-order valence-electron chi connectivity index (χ2n) is 12.9. The zero-order valence-electron chi connectivity index (χ0n) is 25.1. The molecule has 3 aliphatic rings. The minimum absolute atomic E-state index is 0.0650. The van der Waals surface area contributed by atoms with E-state index in [1.807, 2.05) is 10.8 Å². The summed E-state index contributed by atoms with van der Waals surface area (Å²) >= 11 is 0. The van der Waals surface area contributed by atoms with E-state index in [9.17, 15) is 22.4 Å². The van der Waals surface area contributed by atoms with Crippen LogP contribution in [0.3, 0.4) is 0 Å². The SMILES string of the molecule is Cc1cc(C(NC(=O)c2cc(Cn3ccn(C4CC4)c3=N)cc(-c3cn(C4CCCC4)nc3C(F)(F)F)c2)C2CC2)ccc1F. The Morgan fingerprint density at radius 1 is 1.02 bits per heavy atom. The average molecular weight is 621 g/mol. The number of aryl methyl sites for hydroxylation is 1. The van der Waals surface area contributed by atoms with Crippen LogP contribution >= 0.6 is 0 Å². The molecule has 7 rings (SSSR count). The van der Waals surface area contributed by atoms with Crippen LogP contribution in [0.25, 0.3) is 11.1 Å². The van der Waals surface area contributed by atoms with Gasteiger partial charge in [-0.2, -0.15) is 18.3 Å². The first-order valence-electron chi connectivity index (χ1n) is 15.7. The summed E-state index contributed by atoms with van der Waals surface area (Å²) < 4.78 is 62.3. The Kier molecular flexibility index (Phi) is 7.44. The Labute approximate surface area is 258 Å². The molecule has 45 heavy (non-hydrogen) atoms. The van der Waals surface area contributed by atoms with Crippen molar-refractivity contribution in [3.63, 3.8) is 0 Å². The number of carbonyl (C=O) groups is 1. The first-order chi connectivity index (χ1) is 21.5. The number of imidazole rings is 1. The molecule has 2 aromatic heterocycles. The van der Waals surface area contributed by atoms with Crippen molar-refractivity contribution in [1.29, 1.82) is 5.41 Å². The lowest BCUT2D eigenvalue weighted by Gasteiger charge is -2.20. The van der Waals surface area contributed by atoms with E-state index >= 15 is 0 Å². The van der Waals surface area contributed by atoms with Gasteiger partial charge in [0.1, 0.15) is 5.82 Å². The lowest BCUT2D eigenvalue weighted by Crippen LogP contribution is -2.30. The molecule has 1 atom stereocenters. The molecule has 0 radical (unpaired) electrons. The van der Waals surface area contributed by atoms with Crippen molar-refractivity contribution in [2.24, 2.45) is 5.92 Å². The van der Waals surface area contributed by atoms with Gasteiger partial charge in [0.15, 0.2) is 5.69 Å². The van der Waals surface area contributed by atoms with E-state index in [0.29, 0.717) is 22.8 Å². The molecule has 0 bridgehead atoms. The molecule has 3 fully saturated rings. The third-order valence-electron chi connectivity index (χ3n) is 9.40. The van der Waals surface area contributed by atoms with E-state index in [2.05, 4.69) is 10.4 Å². The number of carbonyl (C=O) groups excluding carboxylic acids is 1. The number of hydrogen-bond acceptors (Lipinski definition) is 3. The molecule has 7 nitrogen and oxygen atoms in total. The number of amides is 1. The topological polar surface area (TPSA) is 80.6 Å². The van der Waals surface area contributed by atoms with Gasteiger partial charge in [-0.15, -0.1) is 0 Å². The van der Waals surface area contributed by atoms with Gasteiger partial charge < -0.3 is 14.5 Å². The maximum absolute atomic E-state index is 14.4. The normalized spacial score (nSPS) is 18.0. The van der Waals surface area contributed by atoms with Crippen LogP contribution in [-0.2, 0) is 12.7 Å². The minimum atomic E-state index is -4.68. The van der Waals surface area contributed by atoms with Gasteiger partial charge in [-0.25, -0.2) is 4.39 Å². The van der Waals surface area contributed by atoms with Crippen molar-refractivity contribution in [3.8, 4) is 11.1 Å². The number of alkyl halides is 3. The summed E-state index contributed by atoms with van der Waals surface area (Å²) in [5.41, 5.74) is 1.64. The average Bonchev–Trinajstić information content (AvgIpc) is 3.88. The zero-order valence-corrected chi connectivity index (χ0v) is 25.1. The first-order valence-corrected chi connectivity index (χ1v) is 15.7. The molecule has 4 aromatic rings. The number of benzene rings is 2. The minimum Gasteiger partial charge on any atom is -0.345 e. The van der Waals surface area contributed by atoms with Gasteiger partial charge in [0.05, 0.1) is 18.6 Å². The molecule has 1 unspecified atom stereocenters. The molecular weight excluding hydrogens is 584 g/mol. The van der Waals surface area contributed by atoms with Crippen LogP contribution < -0.4 is 10.9 Å². The molecule has 3 saturated carbocycles. The van der Waals surface area contributed by atoms with E-state index in [4.69, 9.17) is 5.41 Å². The Morgan fingerprint density at radius 3 is 2.44 bits per heavy atom. The number of halogens is 4. The molecule has 1 amide bonds. The number of hydrogen-bond donors (Lipinski definition) is 2. The van der Waals surface area contributed by atoms with Gasteiger partial charge in [-0.1, -0.05) is 25.0 Å². The maximum Gasteiger partial charge on any atom is 0.435 e. The molecule has 3 aliphatic carbocycles. The van der Waals surface area contributed by atoms with Crippen LogP contribution in [0.1, 0.15) is 102 Å².